The number of carbonyl (C=O) groups is 2. The second-order valence-electron chi connectivity index (χ2n) is 6.13. The van der Waals surface area contributed by atoms with Gasteiger partial charge in [-0.05, 0) is 48.9 Å². The van der Waals surface area contributed by atoms with E-state index in [0.29, 0.717) is 27.1 Å². The molecule has 0 bridgehead atoms. The van der Waals surface area contributed by atoms with E-state index in [-0.39, 0.29) is 10.9 Å². The lowest BCUT2D eigenvalue weighted by Crippen LogP contribution is -2.16. The molecule has 1 aliphatic rings. The fourth-order valence-electron chi connectivity index (χ4n) is 3.00. The van der Waals surface area contributed by atoms with Gasteiger partial charge < -0.3 is 10.1 Å². The third-order valence-corrected chi connectivity index (χ3v) is 6.02. The van der Waals surface area contributed by atoms with E-state index >= 15 is 0 Å². The van der Waals surface area contributed by atoms with Crippen LogP contribution in [0, 0.1) is 5.92 Å². The van der Waals surface area contributed by atoms with Crippen LogP contribution in [-0.2, 0) is 17.6 Å². The maximum atomic E-state index is 12.6. The third kappa shape index (κ3) is 3.68. The van der Waals surface area contributed by atoms with Crippen molar-refractivity contribution < 1.29 is 14.3 Å². The largest absolute Gasteiger partial charge is 0.465 e. The van der Waals surface area contributed by atoms with Gasteiger partial charge in [0.15, 0.2) is 0 Å². The molecule has 0 saturated carbocycles. The standard InChI is InChI=1S/C18H17Cl2NO3S/c1-9-3-5-12-14(7-9)25-17(15(12)18(23)24-2)21-16(22)11-6-4-10(19)8-13(11)20/h4,6,8-9H,3,5,7H2,1-2H3,(H,21,22). The van der Waals surface area contributed by atoms with Crippen LogP contribution in [0.3, 0.4) is 0 Å². The van der Waals surface area contributed by atoms with Gasteiger partial charge in [0, 0.05) is 9.90 Å². The topological polar surface area (TPSA) is 55.4 Å². The van der Waals surface area contributed by atoms with Crippen LogP contribution in [-0.4, -0.2) is 19.0 Å². The zero-order chi connectivity index (χ0) is 18.1. The SMILES string of the molecule is COC(=O)c1c(NC(=O)c2ccc(Cl)cc2Cl)sc2c1CCC(C)C2. The second-order valence-corrected chi connectivity index (χ2v) is 8.07. The Bertz CT molecular complexity index is 847. The Morgan fingerprint density at radius 3 is 2.76 bits per heavy atom. The summed E-state index contributed by atoms with van der Waals surface area (Å²) in [5.41, 5.74) is 1.77. The lowest BCUT2D eigenvalue weighted by atomic mass is 9.88. The number of esters is 1. The first-order valence-electron chi connectivity index (χ1n) is 7.90. The van der Waals surface area contributed by atoms with Crippen molar-refractivity contribution in [2.75, 3.05) is 12.4 Å². The van der Waals surface area contributed by atoms with Crippen LogP contribution >= 0.6 is 34.5 Å². The van der Waals surface area contributed by atoms with E-state index in [1.54, 1.807) is 12.1 Å². The van der Waals surface area contributed by atoms with Gasteiger partial charge >= 0.3 is 5.97 Å². The maximum absolute atomic E-state index is 12.6. The number of hydrogen-bond donors (Lipinski definition) is 1. The van der Waals surface area contributed by atoms with Crippen LogP contribution in [0.5, 0.6) is 0 Å². The van der Waals surface area contributed by atoms with Gasteiger partial charge in [-0.2, -0.15) is 0 Å². The van der Waals surface area contributed by atoms with E-state index in [9.17, 15) is 9.59 Å². The lowest BCUT2D eigenvalue weighted by molar-refractivity contribution is 0.0601. The van der Waals surface area contributed by atoms with Gasteiger partial charge in [-0.1, -0.05) is 30.1 Å². The summed E-state index contributed by atoms with van der Waals surface area (Å²) in [5.74, 6) is -0.242. The first-order chi connectivity index (χ1) is 11.9. The zero-order valence-corrected chi connectivity index (χ0v) is 16.1. The molecule has 1 aromatic carbocycles. The van der Waals surface area contributed by atoms with Crippen LogP contribution < -0.4 is 5.32 Å². The Morgan fingerprint density at radius 1 is 1.32 bits per heavy atom. The number of fused-ring (bicyclic) bond motifs is 1. The highest BCUT2D eigenvalue weighted by molar-refractivity contribution is 7.17. The van der Waals surface area contributed by atoms with Gasteiger partial charge in [-0.15, -0.1) is 11.3 Å². The average molecular weight is 398 g/mol. The predicted octanol–water partition coefficient (Wildman–Crippen LogP) is 5.22. The summed E-state index contributed by atoms with van der Waals surface area (Å²) in [7, 11) is 1.35. The quantitative estimate of drug-likeness (QED) is 0.722. The summed E-state index contributed by atoms with van der Waals surface area (Å²) >= 11 is 13.4. The number of carbonyl (C=O) groups excluding carboxylic acids is 2. The number of anilines is 1. The summed E-state index contributed by atoms with van der Waals surface area (Å²) in [4.78, 5) is 26.0. The van der Waals surface area contributed by atoms with E-state index in [2.05, 4.69) is 12.2 Å². The highest BCUT2D eigenvalue weighted by atomic mass is 35.5. The number of thiophene rings is 1. The first-order valence-corrected chi connectivity index (χ1v) is 9.47. The maximum Gasteiger partial charge on any atom is 0.341 e. The van der Waals surface area contributed by atoms with Gasteiger partial charge in [-0.3, -0.25) is 4.79 Å². The molecular formula is C18H17Cl2NO3S. The lowest BCUT2D eigenvalue weighted by Gasteiger charge is -2.18. The van der Waals surface area contributed by atoms with E-state index in [0.717, 1.165) is 29.7 Å². The minimum atomic E-state index is -0.426. The van der Waals surface area contributed by atoms with E-state index in [1.165, 1.54) is 24.5 Å². The predicted molar refractivity (Wildman–Crippen MR) is 101 cm³/mol. The minimum Gasteiger partial charge on any atom is -0.465 e. The number of nitrogens with one attached hydrogen (secondary N) is 1. The monoisotopic (exact) mass is 397 g/mol. The number of ether oxygens (including phenoxy) is 1. The molecule has 1 aromatic heterocycles. The van der Waals surface area contributed by atoms with Crippen LogP contribution in [0.15, 0.2) is 18.2 Å². The van der Waals surface area contributed by atoms with Gasteiger partial charge in [0.25, 0.3) is 5.91 Å². The number of hydrogen-bond acceptors (Lipinski definition) is 4. The average Bonchev–Trinajstić information content (AvgIpc) is 2.90. The molecular weight excluding hydrogens is 381 g/mol. The Kier molecular flexibility index (Phi) is 5.37. The molecule has 0 fully saturated rings. The van der Waals surface area contributed by atoms with Gasteiger partial charge in [0.05, 0.1) is 23.3 Å². The molecule has 1 aliphatic carbocycles. The molecule has 3 rings (SSSR count). The van der Waals surface area contributed by atoms with Crippen molar-refractivity contribution in [1.29, 1.82) is 0 Å². The van der Waals surface area contributed by atoms with Crippen LogP contribution in [0.25, 0.3) is 0 Å². The molecule has 1 amide bonds. The van der Waals surface area contributed by atoms with E-state index < -0.39 is 5.97 Å². The number of halogens is 2. The Balaban J connectivity index is 1.96. The molecule has 4 nitrogen and oxygen atoms in total. The molecule has 1 atom stereocenters. The zero-order valence-electron chi connectivity index (χ0n) is 13.8. The summed E-state index contributed by atoms with van der Waals surface area (Å²) < 4.78 is 4.93. The first kappa shape index (κ1) is 18.2. The van der Waals surface area contributed by atoms with Gasteiger partial charge in [0.1, 0.15) is 5.00 Å². The molecule has 0 radical (unpaired) electrons. The third-order valence-electron chi connectivity index (χ3n) is 4.30. The highest BCUT2D eigenvalue weighted by Gasteiger charge is 2.29. The van der Waals surface area contributed by atoms with Crippen LogP contribution in [0.2, 0.25) is 10.0 Å². The van der Waals surface area contributed by atoms with Crippen molar-refractivity contribution in [3.05, 3.63) is 49.8 Å². The highest BCUT2D eigenvalue weighted by Crippen LogP contribution is 2.40. The van der Waals surface area contributed by atoms with Crippen molar-refractivity contribution >= 4 is 51.4 Å². The van der Waals surface area contributed by atoms with Crippen LogP contribution in [0.1, 0.15) is 44.5 Å². The summed E-state index contributed by atoms with van der Waals surface area (Å²) in [5, 5.41) is 4.06. The summed E-state index contributed by atoms with van der Waals surface area (Å²) in [6.45, 7) is 2.19. The summed E-state index contributed by atoms with van der Waals surface area (Å²) in [6.07, 6.45) is 2.74. The van der Waals surface area contributed by atoms with E-state index in [4.69, 9.17) is 27.9 Å². The van der Waals surface area contributed by atoms with Gasteiger partial charge in [0.2, 0.25) is 0 Å². The Hall–Kier alpha value is -1.56. The molecule has 7 heteroatoms. The van der Waals surface area contributed by atoms with Crippen molar-refractivity contribution in [3.63, 3.8) is 0 Å². The fourth-order valence-corrected chi connectivity index (χ4v) is 4.89. The number of benzene rings is 1. The number of methoxy groups -OCH3 is 1. The molecule has 1 heterocycles. The fraction of sp³-hybridized carbons (Fsp3) is 0.333. The Morgan fingerprint density at radius 2 is 2.08 bits per heavy atom. The molecule has 0 aliphatic heterocycles. The van der Waals surface area contributed by atoms with Crippen molar-refractivity contribution in [2.45, 2.75) is 26.2 Å². The van der Waals surface area contributed by atoms with Gasteiger partial charge in [-0.25, -0.2) is 4.79 Å². The molecule has 2 aromatic rings. The van der Waals surface area contributed by atoms with Crippen molar-refractivity contribution in [1.82, 2.24) is 0 Å². The number of rotatable bonds is 3. The molecule has 0 spiro atoms. The van der Waals surface area contributed by atoms with Crippen molar-refractivity contribution in [2.24, 2.45) is 5.92 Å². The van der Waals surface area contributed by atoms with Crippen LogP contribution in [0.4, 0.5) is 5.00 Å². The molecule has 1 unspecified atom stereocenters. The minimum absolute atomic E-state index is 0.263. The van der Waals surface area contributed by atoms with Crippen molar-refractivity contribution in [3.8, 4) is 0 Å². The molecule has 25 heavy (non-hydrogen) atoms. The second kappa shape index (κ2) is 7.36. The molecule has 1 N–H and O–H groups in total. The number of amides is 1. The smallest absolute Gasteiger partial charge is 0.341 e. The van der Waals surface area contributed by atoms with E-state index in [1.807, 2.05) is 0 Å². The Labute approximate surface area is 160 Å². The normalized spacial score (nSPS) is 16.2. The molecule has 0 saturated heterocycles. The summed E-state index contributed by atoms with van der Waals surface area (Å²) in [6, 6.07) is 4.68. The molecule has 132 valence electrons.